The van der Waals surface area contributed by atoms with Crippen molar-refractivity contribution in [2.75, 3.05) is 13.7 Å². The molecule has 0 radical (unpaired) electrons. The summed E-state index contributed by atoms with van der Waals surface area (Å²) in [6.07, 6.45) is 4.69. The molecule has 0 aliphatic carbocycles. The summed E-state index contributed by atoms with van der Waals surface area (Å²) in [6, 6.07) is 34.6. The Labute approximate surface area is 213 Å². The smallest absolute Gasteiger partial charge is 0.337 e. The first-order valence-electron chi connectivity index (χ1n) is 12.2. The Bertz CT molecular complexity index is 1260. The molecule has 36 heavy (non-hydrogen) atoms. The van der Waals surface area contributed by atoms with Crippen molar-refractivity contribution in [2.24, 2.45) is 4.99 Å². The van der Waals surface area contributed by atoms with Crippen LogP contribution in [0.25, 0.3) is 0 Å². The Kier molecular flexibility index (Phi) is 9.04. The monoisotopic (exact) mass is 480 g/mol. The van der Waals surface area contributed by atoms with E-state index in [2.05, 4.69) is 65.7 Å². The Hall–Kier alpha value is -4.18. The standard InChI is InChI=1S/C32H31NO3/c1-35-32(34)30-19-17-27(18-20-30)23-33-22-21-29-9-5-6-10-31(29)36-24-28-15-13-26(14-16-28)12-11-25-7-3-2-4-8-25/h2-10,13-20,23H,11-12,21-22,24H2,1H3/i22+1,23+1,33+1. The second-order valence-electron chi connectivity index (χ2n) is 8.60. The number of aryl methyl sites for hydroxylation is 2. The van der Waals surface area contributed by atoms with Gasteiger partial charge < -0.3 is 9.47 Å². The molecule has 0 unspecified atom stereocenters. The summed E-state index contributed by atoms with van der Waals surface area (Å²) in [4.78, 5) is 16.1. The predicted molar refractivity (Wildman–Crippen MR) is 145 cm³/mol. The summed E-state index contributed by atoms with van der Waals surface area (Å²) < 4.78 is 10.9. The SMILES string of the molecule is COC(=O)c1ccc([13CH]=[15N][13CH2]Cc2ccccc2OCc2ccc(CCc3ccccc3)cc2)cc1. The fraction of sp³-hybridized carbons (Fsp3) is 0.188. The maximum Gasteiger partial charge on any atom is 0.337 e. The van der Waals surface area contributed by atoms with Crippen molar-refractivity contribution in [1.82, 2.24) is 0 Å². The normalized spacial score (nSPS) is 10.9. The lowest BCUT2D eigenvalue weighted by molar-refractivity contribution is 0.0600. The number of benzene rings is 4. The molecule has 0 saturated heterocycles. The number of nitrogens with zero attached hydrogens (tertiary/aromatic N) is 1. The quantitative estimate of drug-likeness (QED) is 0.107. The summed E-state index contributed by atoms with van der Waals surface area (Å²) in [5.41, 5.74) is 6.46. The first-order chi connectivity index (χ1) is 17.7. The molecule has 4 nitrogen and oxygen atoms in total. The molecular formula is C32H31NO3. The van der Waals surface area contributed by atoms with E-state index in [0.717, 1.165) is 41.7 Å². The van der Waals surface area contributed by atoms with Gasteiger partial charge in [-0.2, -0.15) is 0 Å². The second-order valence-corrected chi connectivity index (χ2v) is 8.60. The number of methoxy groups -OCH3 is 1. The number of esters is 1. The molecule has 4 aromatic rings. The summed E-state index contributed by atoms with van der Waals surface area (Å²) in [5, 5.41) is 0. The van der Waals surface area contributed by atoms with Gasteiger partial charge in [0.15, 0.2) is 0 Å². The van der Waals surface area contributed by atoms with Gasteiger partial charge in [0.2, 0.25) is 0 Å². The Morgan fingerprint density at radius 1 is 0.722 bits per heavy atom. The molecular weight excluding hydrogens is 449 g/mol. The third kappa shape index (κ3) is 7.41. The molecule has 0 atom stereocenters. The summed E-state index contributed by atoms with van der Waals surface area (Å²) >= 11 is 0. The zero-order chi connectivity index (χ0) is 25.0. The van der Waals surface area contributed by atoms with Crippen LogP contribution in [0.15, 0.2) is 108 Å². The number of hydrogen-bond donors (Lipinski definition) is 0. The number of para-hydroxylation sites is 1. The fourth-order valence-electron chi connectivity index (χ4n) is 3.93. The Balaban J connectivity index is 1.26. The van der Waals surface area contributed by atoms with Crippen molar-refractivity contribution in [2.45, 2.75) is 25.9 Å². The minimum absolute atomic E-state index is 0.339. The number of aliphatic imine (C=N–C) groups is 1. The maximum absolute atomic E-state index is 11.5. The predicted octanol–water partition coefficient (Wildman–Crippen LogP) is 6.50. The van der Waals surface area contributed by atoms with Gasteiger partial charge in [-0.25, -0.2) is 4.79 Å². The van der Waals surface area contributed by atoms with E-state index in [1.54, 1.807) is 12.1 Å². The topological polar surface area (TPSA) is 47.9 Å². The lowest BCUT2D eigenvalue weighted by Gasteiger charge is -2.11. The van der Waals surface area contributed by atoms with E-state index in [4.69, 9.17) is 9.47 Å². The van der Waals surface area contributed by atoms with Gasteiger partial charge in [-0.05, 0) is 65.3 Å². The lowest BCUT2D eigenvalue weighted by atomic mass is 10.0. The van der Waals surface area contributed by atoms with Gasteiger partial charge >= 0.3 is 5.97 Å². The van der Waals surface area contributed by atoms with Gasteiger partial charge in [0.05, 0.1) is 12.7 Å². The lowest BCUT2D eigenvalue weighted by Crippen LogP contribution is -2.01. The van der Waals surface area contributed by atoms with Crippen LogP contribution in [0.3, 0.4) is 0 Å². The molecule has 0 heterocycles. The van der Waals surface area contributed by atoms with Gasteiger partial charge in [-0.1, -0.05) is 84.9 Å². The molecule has 0 bridgehead atoms. The molecule has 0 fully saturated rings. The van der Waals surface area contributed by atoms with Crippen molar-refractivity contribution in [1.29, 1.82) is 0 Å². The van der Waals surface area contributed by atoms with Crippen LogP contribution < -0.4 is 4.74 Å². The van der Waals surface area contributed by atoms with Crippen LogP contribution in [0.5, 0.6) is 5.75 Å². The third-order valence-electron chi connectivity index (χ3n) is 6.02. The van der Waals surface area contributed by atoms with Crippen LogP contribution in [-0.2, 0) is 30.6 Å². The first-order valence-corrected chi connectivity index (χ1v) is 12.2. The summed E-state index contributed by atoms with van der Waals surface area (Å²) in [6.45, 7) is 1.18. The number of hydrogen-bond acceptors (Lipinski definition) is 4. The Morgan fingerprint density at radius 3 is 2.08 bits per heavy atom. The molecule has 0 aliphatic heterocycles. The van der Waals surface area contributed by atoms with E-state index < -0.39 is 0 Å². The molecule has 4 rings (SSSR count). The molecule has 0 spiro atoms. The Morgan fingerprint density at radius 2 is 1.36 bits per heavy atom. The van der Waals surface area contributed by atoms with E-state index in [9.17, 15) is 4.79 Å². The minimum atomic E-state index is -0.339. The highest BCUT2D eigenvalue weighted by atomic mass is 16.5. The third-order valence-corrected chi connectivity index (χ3v) is 6.02. The molecule has 182 valence electrons. The average Bonchev–Trinajstić information content (AvgIpc) is 2.94. The van der Waals surface area contributed by atoms with Crippen LogP contribution in [0.2, 0.25) is 0 Å². The van der Waals surface area contributed by atoms with E-state index in [0.29, 0.717) is 18.7 Å². The summed E-state index contributed by atoms with van der Waals surface area (Å²) in [5.74, 6) is 0.553. The van der Waals surface area contributed by atoms with Crippen LogP contribution >= 0.6 is 0 Å². The molecule has 4 aromatic carbocycles. The van der Waals surface area contributed by atoms with Crippen molar-refractivity contribution in [3.05, 3.63) is 137 Å². The molecule has 0 amide bonds. The maximum atomic E-state index is 11.5. The summed E-state index contributed by atoms with van der Waals surface area (Å²) in [7, 11) is 1.38. The van der Waals surface area contributed by atoms with Crippen LogP contribution in [0.4, 0.5) is 0 Å². The molecule has 0 aliphatic rings. The zero-order valence-corrected chi connectivity index (χ0v) is 20.6. The second kappa shape index (κ2) is 13.1. The van der Waals surface area contributed by atoms with Gasteiger partial charge in [-0.3, -0.25) is 4.99 Å². The molecule has 4 heteroatoms. The van der Waals surface area contributed by atoms with Crippen molar-refractivity contribution in [3.63, 3.8) is 0 Å². The van der Waals surface area contributed by atoms with Crippen LogP contribution in [0.1, 0.15) is 38.2 Å². The van der Waals surface area contributed by atoms with E-state index >= 15 is 0 Å². The zero-order valence-electron chi connectivity index (χ0n) is 20.6. The van der Waals surface area contributed by atoms with Crippen molar-refractivity contribution in [3.8, 4) is 5.75 Å². The van der Waals surface area contributed by atoms with Crippen LogP contribution in [0, 0.1) is 0 Å². The number of rotatable bonds is 11. The molecule has 0 aromatic heterocycles. The van der Waals surface area contributed by atoms with E-state index in [1.165, 1.54) is 18.2 Å². The van der Waals surface area contributed by atoms with Crippen LogP contribution in [-0.4, -0.2) is 25.8 Å². The average molecular weight is 481 g/mol. The van der Waals surface area contributed by atoms with Crippen molar-refractivity contribution < 1.29 is 14.3 Å². The number of carbonyl (C=O) groups excluding carboxylic acids is 1. The van der Waals surface area contributed by atoms with Crippen molar-refractivity contribution >= 4 is 12.2 Å². The molecule has 0 saturated carbocycles. The van der Waals surface area contributed by atoms with Gasteiger partial charge in [-0.15, -0.1) is 0 Å². The van der Waals surface area contributed by atoms with E-state index in [-0.39, 0.29) is 5.97 Å². The first kappa shape index (κ1) is 24.9. The van der Waals surface area contributed by atoms with Gasteiger partial charge in [0, 0.05) is 12.8 Å². The minimum Gasteiger partial charge on any atom is -0.489 e. The highest BCUT2D eigenvalue weighted by Gasteiger charge is 2.05. The highest BCUT2D eigenvalue weighted by molar-refractivity contribution is 5.90. The highest BCUT2D eigenvalue weighted by Crippen LogP contribution is 2.20. The van der Waals surface area contributed by atoms with Gasteiger partial charge in [0.25, 0.3) is 0 Å². The number of ether oxygens (including phenoxy) is 2. The molecule has 0 N–H and O–H groups in total. The largest absolute Gasteiger partial charge is 0.489 e. The number of carbonyl (C=O) groups is 1. The van der Waals surface area contributed by atoms with Gasteiger partial charge in [0.1, 0.15) is 12.4 Å². The van der Waals surface area contributed by atoms with E-state index in [1.807, 2.05) is 36.5 Å². The fourth-order valence-corrected chi connectivity index (χ4v) is 3.93.